The van der Waals surface area contributed by atoms with E-state index < -0.39 is 0 Å². The van der Waals surface area contributed by atoms with Crippen molar-refractivity contribution in [3.8, 4) is 0 Å². The first kappa shape index (κ1) is 8.17. The molecule has 3 heteroatoms. The van der Waals surface area contributed by atoms with Crippen LogP contribution >= 0.6 is 12.2 Å². The minimum atomic E-state index is 0.0301. The van der Waals surface area contributed by atoms with Crippen LogP contribution in [0.3, 0.4) is 0 Å². The Labute approximate surface area is 78.7 Å². The summed E-state index contributed by atoms with van der Waals surface area (Å²) in [5.41, 5.74) is 0.0301. The van der Waals surface area contributed by atoms with Gasteiger partial charge in [0.2, 0.25) is 0 Å². The molecule has 1 saturated carbocycles. The second-order valence-electron chi connectivity index (χ2n) is 3.75. The van der Waals surface area contributed by atoms with E-state index in [0.29, 0.717) is 0 Å². The summed E-state index contributed by atoms with van der Waals surface area (Å²) in [4.78, 5) is 7.56. The number of thiocarbonyl (C=S) groups is 1. The highest BCUT2D eigenvalue weighted by atomic mass is 32.1. The van der Waals surface area contributed by atoms with Crippen LogP contribution in [0.5, 0.6) is 0 Å². The molecule has 1 heterocycles. The smallest absolute Gasteiger partial charge is 0.113 e. The SMILES string of the molecule is CN1C=NC2(CCCCC2)C1=S. The molecular formula is C9H14N2S. The van der Waals surface area contributed by atoms with Crippen molar-refractivity contribution in [2.24, 2.45) is 4.99 Å². The third kappa shape index (κ3) is 1.07. The van der Waals surface area contributed by atoms with Crippen molar-refractivity contribution in [3.05, 3.63) is 0 Å². The number of rotatable bonds is 0. The highest BCUT2D eigenvalue weighted by Crippen LogP contribution is 2.36. The molecule has 2 aliphatic rings. The zero-order valence-electron chi connectivity index (χ0n) is 7.42. The van der Waals surface area contributed by atoms with Gasteiger partial charge in [-0.1, -0.05) is 31.5 Å². The minimum Gasteiger partial charge on any atom is -0.328 e. The lowest BCUT2D eigenvalue weighted by Gasteiger charge is -2.31. The topological polar surface area (TPSA) is 15.6 Å². The van der Waals surface area contributed by atoms with Crippen LogP contribution in [-0.4, -0.2) is 28.8 Å². The van der Waals surface area contributed by atoms with E-state index in [2.05, 4.69) is 4.99 Å². The number of hydrogen-bond acceptors (Lipinski definition) is 2. The quantitative estimate of drug-likeness (QED) is 0.532. The van der Waals surface area contributed by atoms with Crippen molar-refractivity contribution in [1.82, 2.24) is 4.90 Å². The fourth-order valence-electron chi connectivity index (χ4n) is 2.11. The molecule has 0 aromatic rings. The predicted octanol–water partition coefficient (Wildman–Crippen LogP) is 1.99. The monoisotopic (exact) mass is 182 g/mol. The fraction of sp³-hybridized carbons (Fsp3) is 0.778. The van der Waals surface area contributed by atoms with E-state index in [1.165, 1.54) is 19.3 Å². The first-order valence-electron chi connectivity index (χ1n) is 4.57. The van der Waals surface area contributed by atoms with Crippen LogP contribution in [-0.2, 0) is 0 Å². The van der Waals surface area contributed by atoms with E-state index in [9.17, 15) is 0 Å². The average molecular weight is 182 g/mol. The van der Waals surface area contributed by atoms with Crippen molar-refractivity contribution >= 4 is 23.5 Å². The molecule has 12 heavy (non-hydrogen) atoms. The van der Waals surface area contributed by atoms with Gasteiger partial charge in [-0.3, -0.25) is 4.99 Å². The molecule has 2 nitrogen and oxygen atoms in total. The van der Waals surface area contributed by atoms with Gasteiger partial charge in [0, 0.05) is 7.05 Å². The highest BCUT2D eigenvalue weighted by molar-refractivity contribution is 7.80. The Morgan fingerprint density at radius 2 is 2.08 bits per heavy atom. The van der Waals surface area contributed by atoms with E-state index in [4.69, 9.17) is 12.2 Å². The Morgan fingerprint density at radius 1 is 1.42 bits per heavy atom. The molecule has 1 spiro atoms. The summed E-state index contributed by atoms with van der Waals surface area (Å²) < 4.78 is 0. The maximum Gasteiger partial charge on any atom is 0.113 e. The summed E-state index contributed by atoms with van der Waals surface area (Å²) >= 11 is 5.37. The van der Waals surface area contributed by atoms with Crippen molar-refractivity contribution in [3.63, 3.8) is 0 Å². The normalized spacial score (nSPS) is 27.1. The number of likely N-dealkylation sites (N-methyl/N-ethyl adjacent to an activating group) is 1. The molecule has 2 rings (SSSR count). The van der Waals surface area contributed by atoms with Crippen molar-refractivity contribution in [1.29, 1.82) is 0 Å². The molecule has 0 radical (unpaired) electrons. The summed E-state index contributed by atoms with van der Waals surface area (Å²) in [5, 5.41) is 0. The minimum absolute atomic E-state index is 0.0301. The molecule has 1 aliphatic carbocycles. The zero-order valence-corrected chi connectivity index (χ0v) is 8.23. The summed E-state index contributed by atoms with van der Waals surface area (Å²) in [6.07, 6.45) is 8.12. The molecule has 0 atom stereocenters. The molecule has 1 fully saturated rings. The van der Waals surface area contributed by atoms with E-state index in [0.717, 1.165) is 17.8 Å². The highest BCUT2D eigenvalue weighted by Gasteiger charge is 2.40. The van der Waals surface area contributed by atoms with Gasteiger partial charge in [-0.2, -0.15) is 0 Å². The van der Waals surface area contributed by atoms with Crippen LogP contribution in [0.4, 0.5) is 0 Å². The van der Waals surface area contributed by atoms with Crippen LogP contribution in [0.25, 0.3) is 0 Å². The van der Waals surface area contributed by atoms with Crippen molar-refractivity contribution < 1.29 is 0 Å². The second-order valence-corrected chi connectivity index (χ2v) is 4.14. The van der Waals surface area contributed by atoms with Crippen LogP contribution in [0.2, 0.25) is 0 Å². The standard InChI is InChI=1S/C9H14N2S/c1-11-7-10-9(8(11)12)5-3-2-4-6-9/h7H,2-6H2,1H3. The summed E-state index contributed by atoms with van der Waals surface area (Å²) in [6, 6.07) is 0. The summed E-state index contributed by atoms with van der Waals surface area (Å²) in [6.45, 7) is 0. The largest absolute Gasteiger partial charge is 0.328 e. The molecule has 0 N–H and O–H groups in total. The average Bonchev–Trinajstić information content (AvgIpc) is 2.37. The second kappa shape index (κ2) is 2.80. The van der Waals surface area contributed by atoms with Gasteiger partial charge >= 0.3 is 0 Å². The maximum atomic E-state index is 5.37. The molecule has 66 valence electrons. The molecule has 0 saturated heterocycles. The number of nitrogens with zero attached hydrogens (tertiary/aromatic N) is 2. The first-order valence-corrected chi connectivity index (χ1v) is 4.98. The van der Waals surface area contributed by atoms with Crippen LogP contribution < -0.4 is 0 Å². The molecule has 0 amide bonds. The number of aliphatic imine (C=N–C) groups is 1. The Bertz CT molecular complexity index is 229. The maximum absolute atomic E-state index is 5.37. The molecule has 0 bridgehead atoms. The predicted molar refractivity (Wildman–Crippen MR) is 54.7 cm³/mol. The van der Waals surface area contributed by atoms with E-state index >= 15 is 0 Å². The Kier molecular flexibility index (Phi) is 1.91. The summed E-state index contributed by atoms with van der Waals surface area (Å²) in [5.74, 6) is 0. The number of hydrogen-bond donors (Lipinski definition) is 0. The van der Waals surface area contributed by atoms with Gasteiger partial charge in [0.15, 0.2) is 0 Å². The third-order valence-corrected chi connectivity index (χ3v) is 3.55. The van der Waals surface area contributed by atoms with E-state index in [1.807, 2.05) is 18.3 Å². The van der Waals surface area contributed by atoms with E-state index in [-0.39, 0.29) is 5.54 Å². The third-order valence-electron chi connectivity index (χ3n) is 2.88. The van der Waals surface area contributed by atoms with Crippen molar-refractivity contribution in [2.75, 3.05) is 7.05 Å². The van der Waals surface area contributed by atoms with Crippen LogP contribution in [0.1, 0.15) is 32.1 Å². The van der Waals surface area contributed by atoms with Gasteiger partial charge in [0.1, 0.15) is 10.5 Å². The lowest BCUT2D eigenvalue weighted by atomic mass is 9.82. The van der Waals surface area contributed by atoms with Gasteiger partial charge in [0.25, 0.3) is 0 Å². The van der Waals surface area contributed by atoms with Gasteiger partial charge in [-0.15, -0.1) is 0 Å². The Morgan fingerprint density at radius 3 is 2.58 bits per heavy atom. The lowest BCUT2D eigenvalue weighted by molar-refractivity contribution is 0.385. The zero-order chi connectivity index (χ0) is 8.60. The molecule has 0 aromatic heterocycles. The molecular weight excluding hydrogens is 168 g/mol. The lowest BCUT2D eigenvalue weighted by Crippen LogP contribution is -2.39. The van der Waals surface area contributed by atoms with Gasteiger partial charge < -0.3 is 4.90 Å². The van der Waals surface area contributed by atoms with Gasteiger partial charge in [-0.25, -0.2) is 0 Å². The molecule has 0 unspecified atom stereocenters. The first-order chi connectivity index (χ1) is 5.75. The molecule has 0 aromatic carbocycles. The van der Waals surface area contributed by atoms with Crippen LogP contribution in [0, 0.1) is 0 Å². The molecule has 1 aliphatic heterocycles. The Balaban J connectivity index is 2.20. The van der Waals surface area contributed by atoms with Crippen molar-refractivity contribution in [2.45, 2.75) is 37.6 Å². The fourth-order valence-corrected chi connectivity index (χ4v) is 2.42. The Hall–Kier alpha value is -0.440. The van der Waals surface area contributed by atoms with Gasteiger partial charge in [-0.05, 0) is 12.8 Å². The van der Waals surface area contributed by atoms with Crippen LogP contribution in [0.15, 0.2) is 4.99 Å². The van der Waals surface area contributed by atoms with Gasteiger partial charge in [0.05, 0.1) is 6.34 Å². The van der Waals surface area contributed by atoms with E-state index in [1.54, 1.807) is 0 Å². The summed E-state index contributed by atoms with van der Waals surface area (Å²) in [7, 11) is 2.00.